The molecule has 2 aromatic rings. The average Bonchev–Trinajstić information content (AvgIpc) is 2.76. The van der Waals surface area contributed by atoms with Gasteiger partial charge < -0.3 is 5.11 Å². The summed E-state index contributed by atoms with van der Waals surface area (Å²) < 4.78 is 0.943. The second-order valence-electron chi connectivity index (χ2n) is 3.67. The van der Waals surface area contributed by atoms with Crippen LogP contribution in [0.25, 0.3) is 6.08 Å². The zero-order valence-electron chi connectivity index (χ0n) is 9.92. The quantitative estimate of drug-likeness (QED) is 0.660. The van der Waals surface area contributed by atoms with Crippen LogP contribution >= 0.6 is 27.7 Å². The van der Waals surface area contributed by atoms with Gasteiger partial charge >= 0.3 is 5.97 Å². The summed E-state index contributed by atoms with van der Waals surface area (Å²) in [5.41, 5.74) is 0.806. The summed E-state index contributed by atoms with van der Waals surface area (Å²) in [5, 5.41) is 16.2. The Labute approximate surface area is 122 Å². The van der Waals surface area contributed by atoms with Crippen molar-refractivity contribution in [1.29, 1.82) is 0 Å². The summed E-state index contributed by atoms with van der Waals surface area (Å²) in [6.45, 7) is 1.76. The van der Waals surface area contributed by atoms with Crippen LogP contribution < -0.4 is 0 Å². The number of aliphatic carboxylic acids is 1. The van der Waals surface area contributed by atoms with Crippen LogP contribution in [0.4, 0.5) is 0 Å². The standard InChI is InChI=1S/C12H10BrN3O2S/c1-7-14-12(16-15-7)19-10(11(17)18)6-8-2-4-9(13)5-3-8/h2-6H,1H3,(H,17,18)(H,14,15,16)/b10-6-. The maximum Gasteiger partial charge on any atom is 0.342 e. The number of carbonyl (C=O) groups is 1. The molecule has 98 valence electrons. The third-order valence-electron chi connectivity index (χ3n) is 2.16. The van der Waals surface area contributed by atoms with E-state index in [2.05, 4.69) is 31.1 Å². The predicted octanol–water partition coefficient (Wildman–Crippen LogP) is 3.09. The number of thioether (sulfide) groups is 1. The van der Waals surface area contributed by atoms with E-state index in [9.17, 15) is 9.90 Å². The number of rotatable bonds is 4. The van der Waals surface area contributed by atoms with Crippen molar-refractivity contribution in [3.63, 3.8) is 0 Å². The molecule has 0 fully saturated rings. The van der Waals surface area contributed by atoms with Crippen LogP contribution in [0.2, 0.25) is 0 Å². The van der Waals surface area contributed by atoms with Crippen molar-refractivity contribution in [2.24, 2.45) is 0 Å². The van der Waals surface area contributed by atoms with Gasteiger partial charge in [-0.3, -0.25) is 5.10 Å². The Morgan fingerprint density at radius 1 is 1.42 bits per heavy atom. The number of hydrogen-bond donors (Lipinski definition) is 2. The Hall–Kier alpha value is -1.60. The minimum Gasteiger partial charge on any atom is -0.477 e. The van der Waals surface area contributed by atoms with Crippen molar-refractivity contribution in [3.05, 3.63) is 45.0 Å². The van der Waals surface area contributed by atoms with Crippen LogP contribution in [-0.2, 0) is 4.79 Å². The van der Waals surface area contributed by atoms with Crippen molar-refractivity contribution in [2.75, 3.05) is 0 Å². The molecule has 7 heteroatoms. The van der Waals surface area contributed by atoms with Gasteiger partial charge in [-0.2, -0.15) is 0 Å². The molecule has 0 saturated heterocycles. The number of halogens is 1. The molecule has 0 aliphatic heterocycles. The van der Waals surface area contributed by atoms with Crippen LogP contribution in [0, 0.1) is 6.92 Å². The maximum absolute atomic E-state index is 11.2. The van der Waals surface area contributed by atoms with E-state index in [0.717, 1.165) is 21.8 Å². The number of carboxylic acid groups (broad SMARTS) is 1. The molecule has 1 aromatic heterocycles. The maximum atomic E-state index is 11.2. The highest BCUT2D eigenvalue weighted by Gasteiger charge is 2.12. The molecule has 19 heavy (non-hydrogen) atoms. The van der Waals surface area contributed by atoms with E-state index in [1.54, 1.807) is 13.0 Å². The third-order valence-corrected chi connectivity index (χ3v) is 3.56. The van der Waals surface area contributed by atoms with E-state index in [4.69, 9.17) is 0 Å². The molecule has 1 heterocycles. The fraction of sp³-hybridized carbons (Fsp3) is 0.0833. The molecule has 0 spiro atoms. The van der Waals surface area contributed by atoms with Crippen molar-refractivity contribution in [2.45, 2.75) is 12.1 Å². The molecule has 0 unspecified atom stereocenters. The van der Waals surface area contributed by atoms with Crippen molar-refractivity contribution >= 4 is 39.7 Å². The van der Waals surface area contributed by atoms with Crippen LogP contribution in [0.15, 0.2) is 38.8 Å². The van der Waals surface area contributed by atoms with E-state index in [1.807, 2.05) is 24.3 Å². The zero-order valence-corrected chi connectivity index (χ0v) is 12.3. The summed E-state index contributed by atoms with van der Waals surface area (Å²) >= 11 is 4.34. The first-order chi connectivity index (χ1) is 9.04. The van der Waals surface area contributed by atoms with Gasteiger partial charge in [0, 0.05) is 4.47 Å². The molecular formula is C12H10BrN3O2S. The van der Waals surface area contributed by atoms with Crippen LogP contribution in [0.3, 0.4) is 0 Å². The van der Waals surface area contributed by atoms with Crippen molar-refractivity contribution in [1.82, 2.24) is 15.2 Å². The summed E-state index contributed by atoms with van der Waals surface area (Å²) in [6, 6.07) is 7.37. The van der Waals surface area contributed by atoms with Gasteiger partial charge in [0.15, 0.2) is 0 Å². The Bertz CT molecular complexity index is 622. The Morgan fingerprint density at radius 3 is 2.63 bits per heavy atom. The number of aromatic nitrogens is 3. The first-order valence-electron chi connectivity index (χ1n) is 5.32. The highest BCUT2D eigenvalue weighted by molar-refractivity contribution is 9.10. The first kappa shape index (κ1) is 13.8. The number of nitrogens with zero attached hydrogens (tertiary/aromatic N) is 2. The van der Waals surface area contributed by atoms with E-state index in [1.165, 1.54) is 0 Å². The predicted molar refractivity (Wildman–Crippen MR) is 76.7 cm³/mol. The number of carboxylic acids is 1. The fourth-order valence-electron chi connectivity index (χ4n) is 1.31. The van der Waals surface area contributed by atoms with Crippen molar-refractivity contribution in [3.8, 4) is 0 Å². The first-order valence-corrected chi connectivity index (χ1v) is 6.93. The molecule has 2 N–H and O–H groups in total. The van der Waals surface area contributed by atoms with Gasteiger partial charge in [-0.15, -0.1) is 5.10 Å². The number of aryl methyl sites for hydroxylation is 1. The molecule has 0 aliphatic carbocycles. The summed E-state index contributed by atoms with van der Waals surface area (Å²) in [5.74, 6) is -0.355. The largest absolute Gasteiger partial charge is 0.477 e. The number of nitrogens with one attached hydrogen (secondary N) is 1. The smallest absolute Gasteiger partial charge is 0.342 e. The zero-order chi connectivity index (χ0) is 13.8. The molecule has 0 amide bonds. The molecule has 1 aromatic carbocycles. The van der Waals surface area contributed by atoms with Crippen LogP contribution in [0.1, 0.15) is 11.4 Å². The van der Waals surface area contributed by atoms with Gasteiger partial charge in [-0.05, 0) is 42.5 Å². The Kier molecular flexibility index (Phi) is 4.39. The van der Waals surface area contributed by atoms with Gasteiger partial charge in [0.25, 0.3) is 0 Å². The number of benzene rings is 1. The summed E-state index contributed by atoms with van der Waals surface area (Å²) in [7, 11) is 0. The fourth-order valence-corrected chi connectivity index (χ4v) is 2.33. The van der Waals surface area contributed by atoms with Gasteiger partial charge in [0.1, 0.15) is 10.7 Å². The Morgan fingerprint density at radius 2 is 2.11 bits per heavy atom. The van der Waals surface area contributed by atoms with E-state index in [0.29, 0.717) is 11.0 Å². The second kappa shape index (κ2) is 6.03. The minimum absolute atomic E-state index is 0.168. The molecule has 0 radical (unpaired) electrons. The van der Waals surface area contributed by atoms with E-state index >= 15 is 0 Å². The number of hydrogen-bond acceptors (Lipinski definition) is 4. The van der Waals surface area contributed by atoms with Gasteiger partial charge in [0.05, 0.1) is 0 Å². The minimum atomic E-state index is -1.00. The summed E-state index contributed by atoms with van der Waals surface area (Å²) in [6.07, 6.45) is 1.59. The lowest BCUT2D eigenvalue weighted by Gasteiger charge is -1.99. The lowest BCUT2D eigenvalue weighted by molar-refractivity contribution is -0.131. The van der Waals surface area contributed by atoms with Crippen molar-refractivity contribution < 1.29 is 9.90 Å². The SMILES string of the molecule is Cc1nc(S/C(=C\c2ccc(Br)cc2)C(=O)O)n[nH]1. The third kappa shape index (κ3) is 3.93. The topological polar surface area (TPSA) is 78.9 Å². The highest BCUT2D eigenvalue weighted by Crippen LogP contribution is 2.25. The van der Waals surface area contributed by atoms with E-state index < -0.39 is 5.97 Å². The monoisotopic (exact) mass is 339 g/mol. The van der Waals surface area contributed by atoms with Gasteiger partial charge in [-0.25, -0.2) is 9.78 Å². The molecule has 0 bridgehead atoms. The number of aromatic amines is 1. The highest BCUT2D eigenvalue weighted by atomic mass is 79.9. The molecule has 5 nitrogen and oxygen atoms in total. The van der Waals surface area contributed by atoms with E-state index in [-0.39, 0.29) is 4.91 Å². The molecular weight excluding hydrogens is 330 g/mol. The molecule has 0 atom stereocenters. The molecule has 0 aliphatic rings. The summed E-state index contributed by atoms with van der Waals surface area (Å²) in [4.78, 5) is 15.5. The van der Waals surface area contributed by atoms with Gasteiger partial charge in [0.2, 0.25) is 5.16 Å². The van der Waals surface area contributed by atoms with Crippen LogP contribution in [-0.4, -0.2) is 26.3 Å². The lowest BCUT2D eigenvalue weighted by Crippen LogP contribution is -1.97. The molecule has 0 saturated carbocycles. The van der Waals surface area contributed by atoms with Crippen LogP contribution in [0.5, 0.6) is 0 Å². The van der Waals surface area contributed by atoms with Gasteiger partial charge in [-0.1, -0.05) is 28.1 Å². The second-order valence-corrected chi connectivity index (χ2v) is 5.60. The number of H-pyrrole nitrogens is 1. The average molecular weight is 340 g/mol. The normalized spacial score (nSPS) is 11.6. The Balaban J connectivity index is 2.24. The lowest BCUT2D eigenvalue weighted by atomic mass is 10.2. The molecule has 2 rings (SSSR count).